The highest BCUT2D eigenvalue weighted by Gasteiger charge is 2.31. The molecule has 2 unspecified atom stereocenters. The van der Waals surface area contributed by atoms with Gasteiger partial charge in [-0.1, -0.05) is 36.4 Å². The maximum Gasteiger partial charge on any atom is 0.338 e. The molecule has 0 amide bonds. The van der Waals surface area contributed by atoms with Gasteiger partial charge in [-0.25, -0.2) is 4.79 Å². The number of piperidine rings is 1. The molecule has 1 aliphatic rings. The number of benzene rings is 2. The summed E-state index contributed by atoms with van der Waals surface area (Å²) in [5, 5.41) is 3.28. The molecule has 1 N–H and O–H groups in total. The highest BCUT2D eigenvalue weighted by Crippen LogP contribution is 2.33. The molecule has 0 saturated carbocycles. The van der Waals surface area contributed by atoms with Gasteiger partial charge in [0.25, 0.3) is 0 Å². The van der Waals surface area contributed by atoms with E-state index >= 15 is 0 Å². The van der Waals surface area contributed by atoms with Crippen LogP contribution >= 0.6 is 0 Å². The lowest BCUT2D eigenvalue weighted by Crippen LogP contribution is -2.41. The summed E-state index contributed by atoms with van der Waals surface area (Å²) in [5.74, 6) is -0.270. The highest BCUT2D eigenvalue weighted by molar-refractivity contribution is 5.89. The molecule has 1 heterocycles. The van der Waals surface area contributed by atoms with E-state index in [-0.39, 0.29) is 18.0 Å². The van der Waals surface area contributed by atoms with E-state index in [1.807, 2.05) is 18.2 Å². The van der Waals surface area contributed by atoms with Crippen LogP contribution in [0, 0.1) is 0 Å². The monoisotopic (exact) mass is 314 g/mol. The summed E-state index contributed by atoms with van der Waals surface area (Å²) in [7, 11) is -2.53. The predicted octanol–water partition coefficient (Wildman–Crippen LogP) is 3.00. The fourth-order valence-corrected chi connectivity index (χ4v) is 2.95. The summed E-state index contributed by atoms with van der Waals surface area (Å²) in [6.07, 6.45) is 0.288. The van der Waals surface area contributed by atoms with Crippen molar-refractivity contribution in [1.29, 1.82) is 0 Å². The van der Waals surface area contributed by atoms with Crippen molar-refractivity contribution in [2.75, 3.05) is 20.1 Å². The summed E-state index contributed by atoms with van der Waals surface area (Å²) in [5.41, 5.74) is 1.22. The lowest BCUT2D eigenvalue weighted by Gasteiger charge is -2.32. The molecule has 0 radical (unpaired) electrons. The second-order valence-electron chi connectivity index (χ2n) is 5.55. The number of carbonyl (C=O) groups is 1. The second kappa shape index (κ2) is 7.29. The standard InChI is InChI=1S/C19H21NO3/c1-22-17-10-6-5-9-15(17)16-13-20-12-11-18(16)23-19(21)14-7-3-2-4-8-14/h2-10,16,18,20H,11-13H2,1H3/i1D3. The van der Waals surface area contributed by atoms with Gasteiger partial charge >= 0.3 is 5.97 Å². The van der Waals surface area contributed by atoms with Gasteiger partial charge in [-0.2, -0.15) is 0 Å². The minimum absolute atomic E-state index is 0.185. The summed E-state index contributed by atoms with van der Waals surface area (Å²) in [4.78, 5) is 12.4. The van der Waals surface area contributed by atoms with E-state index in [1.54, 1.807) is 36.4 Å². The molecule has 1 fully saturated rings. The van der Waals surface area contributed by atoms with Crippen LogP contribution in [0.2, 0.25) is 0 Å². The van der Waals surface area contributed by atoms with E-state index in [9.17, 15) is 4.79 Å². The Morgan fingerprint density at radius 1 is 1.17 bits per heavy atom. The van der Waals surface area contributed by atoms with Gasteiger partial charge in [0.1, 0.15) is 11.9 Å². The Morgan fingerprint density at radius 3 is 2.78 bits per heavy atom. The number of hydrogen-bond acceptors (Lipinski definition) is 4. The molecular formula is C19H21NO3. The molecule has 1 saturated heterocycles. The molecule has 0 aliphatic carbocycles. The van der Waals surface area contributed by atoms with Crippen LogP contribution in [-0.2, 0) is 4.74 Å². The maximum atomic E-state index is 12.4. The molecule has 2 aromatic carbocycles. The highest BCUT2D eigenvalue weighted by atomic mass is 16.5. The first kappa shape index (κ1) is 12.1. The summed E-state index contributed by atoms with van der Waals surface area (Å²) >= 11 is 0. The summed E-state index contributed by atoms with van der Waals surface area (Å²) in [6.45, 7) is 1.31. The number of rotatable bonds is 4. The number of nitrogens with one attached hydrogen (secondary N) is 1. The van der Waals surface area contributed by atoms with Crippen molar-refractivity contribution < 1.29 is 18.4 Å². The largest absolute Gasteiger partial charge is 0.496 e. The average Bonchev–Trinajstić information content (AvgIpc) is 2.62. The Kier molecular flexibility index (Phi) is 3.85. The van der Waals surface area contributed by atoms with Gasteiger partial charge in [0, 0.05) is 18.0 Å². The van der Waals surface area contributed by atoms with E-state index in [0.717, 1.165) is 12.1 Å². The average molecular weight is 314 g/mol. The van der Waals surface area contributed by atoms with E-state index in [4.69, 9.17) is 13.6 Å². The lowest BCUT2D eigenvalue weighted by molar-refractivity contribution is 0.0164. The summed E-state index contributed by atoms with van der Waals surface area (Å²) in [6, 6.07) is 15.8. The molecule has 3 rings (SSSR count). The van der Waals surface area contributed by atoms with Crippen LogP contribution in [-0.4, -0.2) is 32.2 Å². The topological polar surface area (TPSA) is 47.6 Å². The van der Waals surface area contributed by atoms with Crippen molar-refractivity contribution in [2.45, 2.75) is 18.4 Å². The van der Waals surface area contributed by atoms with E-state index in [1.165, 1.54) is 0 Å². The number of carbonyl (C=O) groups excluding carboxylic acids is 1. The fraction of sp³-hybridized carbons (Fsp3) is 0.316. The Morgan fingerprint density at radius 2 is 1.96 bits per heavy atom. The minimum atomic E-state index is -2.53. The Labute approximate surface area is 140 Å². The van der Waals surface area contributed by atoms with E-state index < -0.39 is 7.04 Å². The molecule has 0 aromatic heterocycles. The Balaban J connectivity index is 1.83. The van der Waals surface area contributed by atoms with Gasteiger partial charge in [-0.3, -0.25) is 0 Å². The quantitative estimate of drug-likeness (QED) is 0.881. The Bertz CT molecular complexity index is 749. The Hall–Kier alpha value is -2.33. The van der Waals surface area contributed by atoms with Crippen molar-refractivity contribution in [1.82, 2.24) is 5.32 Å². The molecular weight excluding hydrogens is 290 g/mol. The van der Waals surface area contributed by atoms with Crippen LogP contribution < -0.4 is 10.1 Å². The zero-order valence-electron chi connectivity index (χ0n) is 15.7. The molecule has 0 spiro atoms. The van der Waals surface area contributed by atoms with Crippen molar-refractivity contribution in [3.63, 3.8) is 0 Å². The van der Waals surface area contributed by atoms with Crippen molar-refractivity contribution in [2.24, 2.45) is 0 Å². The van der Waals surface area contributed by atoms with Gasteiger partial charge in [0.05, 0.1) is 16.7 Å². The SMILES string of the molecule is [2H]C([2H])([2H])Oc1ccccc1C1CNCCC1OC(=O)c1ccccc1. The molecule has 2 aromatic rings. The molecule has 120 valence electrons. The number of methoxy groups -OCH3 is 1. The minimum Gasteiger partial charge on any atom is -0.496 e. The van der Waals surface area contributed by atoms with Crippen molar-refractivity contribution in [3.05, 3.63) is 65.7 Å². The summed E-state index contributed by atoms with van der Waals surface area (Å²) < 4.78 is 33.0. The smallest absolute Gasteiger partial charge is 0.338 e. The van der Waals surface area contributed by atoms with Crippen LogP contribution in [0.25, 0.3) is 0 Å². The van der Waals surface area contributed by atoms with Gasteiger partial charge < -0.3 is 14.8 Å². The predicted molar refractivity (Wildman–Crippen MR) is 88.9 cm³/mol. The van der Waals surface area contributed by atoms with Gasteiger partial charge in [0.15, 0.2) is 0 Å². The molecule has 23 heavy (non-hydrogen) atoms. The van der Waals surface area contributed by atoms with Crippen LogP contribution in [0.5, 0.6) is 5.75 Å². The van der Waals surface area contributed by atoms with Gasteiger partial charge in [-0.05, 0) is 31.2 Å². The third kappa shape index (κ3) is 3.54. The lowest BCUT2D eigenvalue weighted by atomic mass is 9.88. The molecule has 0 bridgehead atoms. The second-order valence-corrected chi connectivity index (χ2v) is 5.55. The fourth-order valence-electron chi connectivity index (χ4n) is 2.95. The van der Waals surface area contributed by atoms with E-state index in [2.05, 4.69) is 5.32 Å². The third-order valence-electron chi connectivity index (χ3n) is 4.12. The van der Waals surface area contributed by atoms with Crippen LogP contribution in [0.1, 0.15) is 32.4 Å². The first-order chi connectivity index (χ1) is 12.4. The first-order valence-corrected chi connectivity index (χ1v) is 7.69. The number of esters is 1. The van der Waals surface area contributed by atoms with Crippen LogP contribution in [0.4, 0.5) is 0 Å². The third-order valence-corrected chi connectivity index (χ3v) is 4.12. The van der Waals surface area contributed by atoms with Crippen LogP contribution in [0.3, 0.4) is 0 Å². The molecule has 4 heteroatoms. The van der Waals surface area contributed by atoms with Gasteiger partial charge in [-0.15, -0.1) is 0 Å². The number of ether oxygens (including phenoxy) is 2. The van der Waals surface area contributed by atoms with Gasteiger partial charge in [0.2, 0.25) is 0 Å². The van der Waals surface area contributed by atoms with E-state index in [0.29, 0.717) is 24.3 Å². The maximum absolute atomic E-state index is 12.4. The molecule has 2 atom stereocenters. The first-order valence-electron chi connectivity index (χ1n) is 9.19. The van der Waals surface area contributed by atoms with Crippen LogP contribution in [0.15, 0.2) is 54.6 Å². The van der Waals surface area contributed by atoms with Crippen molar-refractivity contribution in [3.8, 4) is 5.75 Å². The molecule has 1 aliphatic heterocycles. The zero-order chi connectivity index (χ0) is 18.6. The normalized spacial score (nSPS) is 23.2. The zero-order valence-corrected chi connectivity index (χ0v) is 12.7. The number of hydrogen-bond donors (Lipinski definition) is 1. The number of para-hydroxylation sites is 1. The van der Waals surface area contributed by atoms with Crippen molar-refractivity contribution >= 4 is 5.97 Å². The molecule has 4 nitrogen and oxygen atoms in total.